The van der Waals surface area contributed by atoms with E-state index < -0.39 is 0 Å². The summed E-state index contributed by atoms with van der Waals surface area (Å²) in [6.07, 6.45) is 3.20. The molecule has 0 N–H and O–H groups in total. The highest BCUT2D eigenvalue weighted by Gasteiger charge is 2.32. The van der Waals surface area contributed by atoms with Gasteiger partial charge in [-0.3, -0.25) is 0 Å². The Balaban J connectivity index is 1.87. The van der Waals surface area contributed by atoms with Crippen molar-refractivity contribution < 1.29 is 0 Å². The number of hydrogen-bond donors (Lipinski definition) is 0. The molecule has 0 radical (unpaired) electrons. The largest absolute Gasteiger partial charge is 0.360 e. The Morgan fingerprint density at radius 1 is 0.682 bits per heavy atom. The van der Waals surface area contributed by atoms with E-state index in [4.69, 9.17) is 0 Å². The third kappa shape index (κ3) is 9.41. The van der Waals surface area contributed by atoms with Crippen LogP contribution in [0.3, 0.4) is 0 Å². The van der Waals surface area contributed by atoms with Gasteiger partial charge in [0.25, 0.3) is 0 Å². The van der Waals surface area contributed by atoms with Crippen molar-refractivity contribution >= 4 is 84.8 Å². The highest BCUT2D eigenvalue weighted by atomic mass is 127. The third-order valence-corrected chi connectivity index (χ3v) is 11.7. The number of nitrogens with zero attached hydrogens (tertiary/aromatic N) is 3. The summed E-state index contributed by atoms with van der Waals surface area (Å²) in [7, 11) is 4.56. The monoisotopic (exact) mass is 933 g/mol. The molecule has 3 aromatic carbocycles. The van der Waals surface area contributed by atoms with E-state index in [1.165, 1.54) is 39.3 Å². The minimum atomic E-state index is -0.0491. The summed E-state index contributed by atoms with van der Waals surface area (Å²) in [5, 5.41) is 0. The number of alkyl halides is 3. The molecule has 44 heavy (non-hydrogen) atoms. The summed E-state index contributed by atoms with van der Waals surface area (Å²) in [5.41, 5.74) is 9.79. The number of rotatable bonds is 14. The summed E-state index contributed by atoms with van der Waals surface area (Å²) in [6, 6.07) is 24.7. The van der Waals surface area contributed by atoms with E-state index in [0.29, 0.717) is 11.8 Å². The molecule has 242 valence electrons. The van der Waals surface area contributed by atoms with Crippen LogP contribution in [0.2, 0.25) is 0 Å². The van der Waals surface area contributed by atoms with Crippen LogP contribution >= 0.6 is 67.8 Å². The summed E-state index contributed by atoms with van der Waals surface area (Å²) < 4.78 is -0.00974. The second-order valence-electron chi connectivity index (χ2n) is 13.8. The number of hydrogen-bond acceptors (Lipinski definition) is 3. The topological polar surface area (TPSA) is 9.72 Å². The first kappa shape index (κ1) is 37.7. The first-order valence-corrected chi connectivity index (χ1v) is 19.2. The van der Waals surface area contributed by atoms with Gasteiger partial charge in [0.1, 0.15) is 0 Å². The summed E-state index contributed by atoms with van der Waals surface area (Å²) >= 11 is 7.84. The molecule has 3 aromatic rings. The van der Waals surface area contributed by atoms with E-state index in [1.54, 1.807) is 0 Å². The number of para-hydroxylation sites is 3. The van der Waals surface area contributed by atoms with Gasteiger partial charge in [0.2, 0.25) is 0 Å². The van der Waals surface area contributed by atoms with Crippen LogP contribution in [0, 0.1) is 6.92 Å². The van der Waals surface area contributed by atoms with Crippen molar-refractivity contribution in [1.82, 2.24) is 0 Å². The van der Waals surface area contributed by atoms with Crippen LogP contribution in [0.1, 0.15) is 102 Å². The molecule has 2 atom stereocenters. The van der Waals surface area contributed by atoms with Crippen molar-refractivity contribution in [2.75, 3.05) is 35.3 Å². The Bertz CT molecular complexity index is 1360. The van der Waals surface area contributed by atoms with Crippen LogP contribution in [0.4, 0.5) is 17.1 Å². The number of aryl methyl sites for hydroxylation is 2. The molecule has 0 heterocycles. The predicted molar refractivity (Wildman–Crippen MR) is 222 cm³/mol. The van der Waals surface area contributed by atoms with Gasteiger partial charge in [0, 0.05) is 37.7 Å². The van der Waals surface area contributed by atoms with Gasteiger partial charge in [-0.05, 0) is 107 Å². The minimum absolute atomic E-state index is 0.0146. The maximum absolute atomic E-state index is 2.69. The lowest BCUT2D eigenvalue weighted by atomic mass is 9.87. The van der Waals surface area contributed by atoms with Crippen molar-refractivity contribution in [1.29, 1.82) is 0 Å². The van der Waals surface area contributed by atoms with Gasteiger partial charge in [-0.15, -0.1) is 0 Å². The second kappa shape index (κ2) is 15.4. The summed E-state index contributed by atoms with van der Waals surface area (Å²) in [6.45, 7) is 21.9. The van der Waals surface area contributed by atoms with Crippen molar-refractivity contribution in [3.8, 4) is 0 Å². The molecule has 0 saturated heterocycles. The summed E-state index contributed by atoms with van der Waals surface area (Å²) in [5.74, 6) is 0.923. The van der Waals surface area contributed by atoms with Gasteiger partial charge in [0.05, 0.1) is 10.6 Å². The molecule has 0 saturated carbocycles. The molecule has 3 nitrogen and oxygen atoms in total. The zero-order chi connectivity index (χ0) is 33.0. The lowest BCUT2D eigenvalue weighted by Gasteiger charge is -2.42. The van der Waals surface area contributed by atoms with Crippen molar-refractivity contribution in [2.45, 2.75) is 104 Å². The lowest BCUT2D eigenvalue weighted by molar-refractivity contribution is 0.556. The van der Waals surface area contributed by atoms with Gasteiger partial charge < -0.3 is 14.7 Å². The molecule has 0 amide bonds. The molecule has 6 heteroatoms. The van der Waals surface area contributed by atoms with Crippen LogP contribution in [0.25, 0.3) is 0 Å². The van der Waals surface area contributed by atoms with Gasteiger partial charge in [0.15, 0.2) is 0 Å². The van der Waals surface area contributed by atoms with Gasteiger partial charge >= 0.3 is 0 Å². The highest BCUT2D eigenvalue weighted by Crippen LogP contribution is 2.42. The molecule has 3 rings (SSSR count). The molecule has 0 bridgehead atoms. The minimum Gasteiger partial charge on any atom is -0.360 e. The average Bonchev–Trinajstić information content (AvgIpc) is 2.94. The Morgan fingerprint density at radius 3 is 1.84 bits per heavy atom. The Labute approximate surface area is 310 Å². The molecular formula is C38H54I3N3. The number of benzene rings is 3. The van der Waals surface area contributed by atoms with Gasteiger partial charge in [-0.2, -0.15) is 0 Å². The van der Waals surface area contributed by atoms with E-state index in [-0.39, 0.29) is 10.6 Å². The van der Waals surface area contributed by atoms with E-state index in [9.17, 15) is 0 Å². The first-order valence-electron chi connectivity index (χ1n) is 15.9. The molecule has 0 aliphatic carbocycles. The average molecular weight is 934 g/mol. The van der Waals surface area contributed by atoms with Crippen LogP contribution < -0.4 is 14.7 Å². The fourth-order valence-electron chi connectivity index (χ4n) is 6.05. The molecule has 0 aliphatic rings. The normalized spacial score (nSPS) is 14.3. The lowest BCUT2D eigenvalue weighted by Crippen LogP contribution is -2.46. The SMILES string of the molecule is Cc1cccc(CCC(C)c2cccc(C(C)C)c2N(C)C(C)(C)I)c1N(C)C(C)(I)CCN(c1ccccc1)C(C)(C)I. The molecule has 0 spiro atoms. The quantitative estimate of drug-likeness (QED) is 0.0906. The van der Waals surface area contributed by atoms with E-state index in [0.717, 1.165) is 25.8 Å². The molecule has 0 aliphatic heterocycles. The first-order chi connectivity index (χ1) is 20.4. The smallest absolute Gasteiger partial charge is 0.0903 e. The number of halogens is 3. The Hall–Kier alpha value is -0.750. The second-order valence-corrected chi connectivity index (χ2v) is 21.4. The van der Waals surface area contributed by atoms with Crippen molar-refractivity contribution in [2.24, 2.45) is 0 Å². The van der Waals surface area contributed by atoms with E-state index in [1.807, 2.05) is 0 Å². The molecule has 2 unspecified atom stereocenters. The molecular weight excluding hydrogens is 879 g/mol. The van der Waals surface area contributed by atoms with Crippen molar-refractivity contribution in [3.05, 3.63) is 89.0 Å². The van der Waals surface area contributed by atoms with Crippen LogP contribution in [-0.2, 0) is 6.42 Å². The maximum Gasteiger partial charge on any atom is 0.0903 e. The van der Waals surface area contributed by atoms with E-state index in [2.05, 4.69) is 226 Å². The van der Waals surface area contributed by atoms with Crippen molar-refractivity contribution in [3.63, 3.8) is 0 Å². The van der Waals surface area contributed by atoms with E-state index >= 15 is 0 Å². The zero-order valence-electron chi connectivity index (χ0n) is 28.8. The standard InChI is InChI=1S/C38H54I3N3/c1-27(2)32-21-16-22-33(35(32)42(10)36(5,6)39)28(3)23-24-30-18-15-17-29(4)34(30)43(11)38(9,41)25-26-44(37(7,8)40)31-19-13-12-14-20-31/h12-22,27-28H,23-26H2,1-11H3. The van der Waals surface area contributed by atoms with Crippen LogP contribution in [-0.4, -0.2) is 31.3 Å². The fraction of sp³-hybridized carbons (Fsp3) is 0.526. The third-order valence-electron chi connectivity index (χ3n) is 9.09. The van der Waals surface area contributed by atoms with Crippen LogP contribution in [0.5, 0.6) is 0 Å². The zero-order valence-corrected chi connectivity index (χ0v) is 35.3. The van der Waals surface area contributed by atoms with Crippen LogP contribution in [0.15, 0.2) is 66.7 Å². The molecule has 0 aromatic heterocycles. The van der Waals surface area contributed by atoms with Gasteiger partial charge in [-0.25, -0.2) is 0 Å². The Kier molecular flexibility index (Phi) is 13.2. The molecule has 0 fully saturated rings. The number of anilines is 3. The fourth-order valence-corrected chi connectivity index (χ4v) is 7.30. The predicted octanol–water partition coefficient (Wildman–Crippen LogP) is 12.1. The van der Waals surface area contributed by atoms with Gasteiger partial charge in [-0.1, -0.05) is 143 Å². The highest BCUT2D eigenvalue weighted by molar-refractivity contribution is 14.1. The maximum atomic E-state index is 2.69. The summed E-state index contributed by atoms with van der Waals surface area (Å²) in [4.78, 5) is 7.57. The Morgan fingerprint density at radius 2 is 1.27 bits per heavy atom.